The average molecular weight is 218 g/mol. The number of rotatable bonds is 3. The Balaban J connectivity index is 2.22. The van der Waals surface area contributed by atoms with Gasteiger partial charge in [-0.1, -0.05) is 11.1 Å². The molecule has 0 N–H and O–H groups in total. The van der Waals surface area contributed by atoms with Crippen LogP contribution in [0.25, 0.3) is 0 Å². The molecule has 2 aliphatic heterocycles. The van der Waals surface area contributed by atoms with Gasteiger partial charge in [0.25, 0.3) is 0 Å². The smallest absolute Gasteiger partial charge is 0.177 e. The van der Waals surface area contributed by atoms with Gasteiger partial charge in [-0.3, -0.25) is 9.69 Å². The highest BCUT2D eigenvalue weighted by atomic mass is 16.6. The van der Waals surface area contributed by atoms with Gasteiger partial charge in [0.1, 0.15) is 6.29 Å². The van der Waals surface area contributed by atoms with Crippen LogP contribution in [-0.4, -0.2) is 42.6 Å². The third-order valence-electron chi connectivity index (χ3n) is 3.19. The minimum absolute atomic E-state index is 0.160. The molecule has 0 aliphatic carbocycles. The summed E-state index contributed by atoms with van der Waals surface area (Å²) in [6, 6.07) is 0.501. The molecule has 4 nitrogen and oxygen atoms in total. The van der Waals surface area contributed by atoms with Gasteiger partial charge in [-0.15, -0.1) is 6.42 Å². The average Bonchev–Trinajstić information content (AvgIpc) is 2.57. The van der Waals surface area contributed by atoms with Crippen LogP contribution < -0.4 is 0 Å². The second-order valence-electron chi connectivity index (χ2n) is 4.03. The molecule has 0 aromatic carbocycles. The van der Waals surface area contributed by atoms with Crippen LogP contribution in [0.15, 0.2) is 16.8 Å². The third kappa shape index (κ3) is 1.74. The van der Waals surface area contributed by atoms with Crippen molar-refractivity contribution in [3.8, 4) is 12.3 Å². The predicted molar refractivity (Wildman–Crippen MR) is 60.9 cm³/mol. The summed E-state index contributed by atoms with van der Waals surface area (Å²) in [6.07, 6.45) is 9.81. The molecular weight excluding hydrogens is 204 g/mol. The summed E-state index contributed by atoms with van der Waals surface area (Å²) >= 11 is 0. The van der Waals surface area contributed by atoms with Crippen LogP contribution in [0.4, 0.5) is 0 Å². The SMILES string of the molecule is C#CCON=C1C=C(C=O)C2CCC1N2C. The Kier molecular flexibility index (Phi) is 3.07. The van der Waals surface area contributed by atoms with Crippen molar-refractivity contribution in [1.82, 2.24) is 4.90 Å². The van der Waals surface area contributed by atoms with Crippen LogP contribution in [0.2, 0.25) is 0 Å². The van der Waals surface area contributed by atoms with Crippen molar-refractivity contribution in [3.63, 3.8) is 0 Å². The van der Waals surface area contributed by atoms with Gasteiger partial charge in [0, 0.05) is 11.6 Å². The summed E-state index contributed by atoms with van der Waals surface area (Å²) in [5.41, 5.74) is 1.58. The molecule has 0 aromatic rings. The number of hydrogen-bond donors (Lipinski definition) is 0. The van der Waals surface area contributed by atoms with E-state index in [9.17, 15) is 4.79 Å². The molecule has 0 saturated carbocycles. The van der Waals surface area contributed by atoms with Crippen LogP contribution >= 0.6 is 0 Å². The monoisotopic (exact) mass is 218 g/mol. The Morgan fingerprint density at radius 1 is 1.69 bits per heavy atom. The third-order valence-corrected chi connectivity index (χ3v) is 3.19. The minimum Gasteiger partial charge on any atom is -0.382 e. The van der Waals surface area contributed by atoms with E-state index >= 15 is 0 Å². The predicted octanol–water partition coefficient (Wildman–Crippen LogP) is 0.594. The summed E-state index contributed by atoms with van der Waals surface area (Å²) in [5, 5.41) is 4.00. The lowest BCUT2D eigenvalue weighted by atomic mass is 10.0. The molecule has 2 rings (SSSR count). The van der Waals surface area contributed by atoms with E-state index in [4.69, 9.17) is 11.3 Å². The van der Waals surface area contributed by atoms with E-state index in [-0.39, 0.29) is 18.7 Å². The van der Waals surface area contributed by atoms with Crippen molar-refractivity contribution in [2.24, 2.45) is 5.16 Å². The van der Waals surface area contributed by atoms with Crippen molar-refractivity contribution in [3.05, 3.63) is 11.6 Å². The molecule has 2 bridgehead atoms. The number of nitrogens with zero attached hydrogens (tertiary/aromatic N) is 2. The van der Waals surface area contributed by atoms with E-state index < -0.39 is 0 Å². The van der Waals surface area contributed by atoms with Crippen LogP contribution in [0.1, 0.15) is 12.8 Å². The fourth-order valence-corrected chi connectivity index (χ4v) is 2.41. The van der Waals surface area contributed by atoms with Gasteiger partial charge in [0.15, 0.2) is 6.61 Å². The van der Waals surface area contributed by atoms with E-state index in [2.05, 4.69) is 16.0 Å². The summed E-state index contributed by atoms with van der Waals surface area (Å²) in [7, 11) is 2.01. The Bertz CT molecular complexity index is 392. The lowest BCUT2D eigenvalue weighted by Crippen LogP contribution is -2.42. The maximum Gasteiger partial charge on any atom is 0.177 e. The van der Waals surface area contributed by atoms with Crippen molar-refractivity contribution in [1.29, 1.82) is 0 Å². The molecule has 0 aromatic heterocycles. The van der Waals surface area contributed by atoms with E-state index in [0.29, 0.717) is 0 Å². The van der Waals surface area contributed by atoms with Crippen LogP contribution in [0.3, 0.4) is 0 Å². The number of carbonyl (C=O) groups is 1. The quantitative estimate of drug-likeness (QED) is 0.301. The maximum atomic E-state index is 10.9. The number of terminal acetylenes is 1. The molecule has 0 amide bonds. The molecule has 2 heterocycles. The van der Waals surface area contributed by atoms with Crippen molar-refractivity contribution >= 4 is 12.0 Å². The number of oxime groups is 1. The number of hydrogen-bond acceptors (Lipinski definition) is 4. The summed E-state index contributed by atoms with van der Waals surface area (Å²) in [4.78, 5) is 18.1. The zero-order valence-corrected chi connectivity index (χ0v) is 9.22. The highest BCUT2D eigenvalue weighted by Gasteiger charge is 2.39. The number of likely N-dealkylation sites (N-methyl/N-ethyl adjacent to an activating group) is 1. The molecule has 4 heteroatoms. The number of fused-ring (bicyclic) bond motifs is 2. The number of aldehydes is 1. The Hall–Kier alpha value is -1.60. The molecular formula is C12H14N2O2. The van der Waals surface area contributed by atoms with E-state index in [1.807, 2.05) is 13.1 Å². The highest BCUT2D eigenvalue weighted by Crippen LogP contribution is 2.32. The van der Waals surface area contributed by atoms with Gasteiger partial charge in [0.2, 0.25) is 0 Å². The molecule has 1 fully saturated rings. The standard InChI is InChI=1S/C12H14N2O2/c1-3-6-16-13-10-7-9(8-15)11-4-5-12(10)14(11)2/h1,7-8,11-12H,4-6H2,2H3. The van der Waals surface area contributed by atoms with Gasteiger partial charge in [-0.2, -0.15) is 0 Å². The first-order valence-electron chi connectivity index (χ1n) is 5.30. The van der Waals surface area contributed by atoms with Gasteiger partial charge >= 0.3 is 0 Å². The van der Waals surface area contributed by atoms with Crippen molar-refractivity contribution < 1.29 is 9.63 Å². The first kappa shape index (κ1) is 10.9. The van der Waals surface area contributed by atoms with E-state index in [0.717, 1.165) is 30.4 Å². The number of carbonyl (C=O) groups excluding carboxylic acids is 1. The largest absolute Gasteiger partial charge is 0.382 e. The Morgan fingerprint density at radius 2 is 2.44 bits per heavy atom. The molecule has 0 spiro atoms. The van der Waals surface area contributed by atoms with Crippen LogP contribution in [-0.2, 0) is 9.63 Å². The van der Waals surface area contributed by atoms with Crippen LogP contribution in [0.5, 0.6) is 0 Å². The first-order chi connectivity index (χ1) is 7.77. The Morgan fingerprint density at radius 3 is 3.12 bits per heavy atom. The molecule has 2 aliphatic rings. The zero-order chi connectivity index (χ0) is 11.5. The fourth-order valence-electron chi connectivity index (χ4n) is 2.41. The van der Waals surface area contributed by atoms with Gasteiger partial charge in [-0.25, -0.2) is 0 Å². The minimum atomic E-state index is 0.160. The topological polar surface area (TPSA) is 41.9 Å². The van der Waals surface area contributed by atoms with Crippen LogP contribution in [0, 0.1) is 12.3 Å². The van der Waals surface area contributed by atoms with Gasteiger partial charge in [-0.05, 0) is 26.0 Å². The first-order valence-corrected chi connectivity index (χ1v) is 5.30. The maximum absolute atomic E-state index is 10.9. The lowest BCUT2D eigenvalue weighted by Gasteiger charge is -2.29. The molecule has 16 heavy (non-hydrogen) atoms. The van der Waals surface area contributed by atoms with E-state index in [1.54, 1.807) is 0 Å². The van der Waals surface area contributed by atoms with Crippen molar-refractivity contribution in [2.75, 3.05) is 13.7 Å². The molecule has 84 valence electrons. The zero-order valence-electron chi connectivity index (χ0n) is 9.22. The molecule has 1 saturated heterocycles. The highest BCUT2D eigenvalue weighted by molar-refractivity contribution is 6.04. The van der Waals surface area contributed by atoms with Crippen molar-refractivity contribution in [2.45, 2.75) is 24.9 Å². The lowest BCUT2D eigenvalue weighted by molar-refractivity contribution is -0.105. The summed E-state index contributed by atoms with van der Waals surface area (Å²) in [6.45, 7) is 0.160. The Labute approximate surface area is 94.9 Å². The summed E-state index contributed by atoms with van der Waals surface area (Å²) in [5.74, 6) is 2.35. The summed E-state index contributed by atoms with van der Waals surface area (Å²) < 4.78 is 0. The molecule has 0 radical (unpaired) electrons. The van der Waals surface area contributed by atoms with Gasteiger partial charge < -0.3 is 4.84 Å². The van der Waals surface area contributed by atoms with E-state index in [1.165, 1.54) is 0 Å². The second-order valence-corrected chi connectivity index (χ2v) is 4.03. The molecule has 2 unspecified atom stereocenters. The fraction of sp³-hybridized carbons (Fsp3) is 0.500. The normalized spacial score (nSPS) is 31.0. The second kappa shape index (κ2) is 4.50. The molecule has 2 atom stereocenters. The van der Waals surface area contributed by atoms with Gasteiger partial charge in [0.05, 0.1) is 11.8 Å².